The number of carbonyl (C=O) groups excluding carboxylic acids is 1. The van der Waals surface area contributed by atoms with Gasteiger partial charge in [0.25, 0.3) is 5.91 Å². The van der Waals surface area contributed by atoms with Crippen molar-refractivity contribution in [3.05, 3.63) is 33.9 Å². The molecule has 1 aliphatic heterocycles. The molecule has 1 amide bonds. The maximum absolute atomic E-state index is 12.1. The average Bonchev–Trinajstić information content (AvgIpc) is 2.39. The lowest BCUT2D eigenvalue weighted by Gasteiger charge is -2.23. The van der Waals surface area contributed by atoms with Crippen molar-refractivity contribution in [3.8, 4) is 0 Å². The number of hydrogen-bond acceptors (Lipinski definition) is 5. The molecule has 1 saturated heterocycles. The normalized spacial score (nSPS) is 18.8. The van der Waals surface area contributed by atoms with Crippen LogP contribution in [0.2, 0.25) is 0 Å². The number of nitrogen functional groups attached to an aromatic ring is 1. The Bertz CT molecular complexity index is 498. The van der Waals surface area contributed by atoms with Crippen LogP contribution in [0.4, 0.5) is 11.4 Å². The Hall–Kier alpha value is -2.15. The molecule has 0 aromatic heterocycles. The molecule has 1 aromatic rings. The van der Waals surface area contributed by atoms with E-state index in [9.17, 15) is 14.9 Å². The molecule has 3 N–H and O–H groups in total. The molecular weight excluding hydrogens is 250 g/mol. The lowest BCUT2D eigenvalue weighted by atomic mass is 10.1. The molecule has 7 nitrogen and oxygen atoms in total. The molecule has 2 rings (SSSR count). The largest absolute Gasteiger partial charge is 0.393 e. The van der Waals surface area contributed by atoms with Crippen molar-refractivity contribution >= 4 is 17.3 Å². The molecule has 102 valence electrons. The molecule has 0 aliphatic carbocycles. The maximum Gasteiger partial charge on any atom is 0.304 e. The first-order valence-electron chi connectivity index (χ1n) is 6.01. The summed E-state index contributed by atoms with van der Waals surface area (Å²) >= 11 is 0. The number of anilines is 1. The Balaban J connectivity index is 2.18. The highest BCUT2D eigenvalue weighted by atomic mass is 16.6. The van der Waals surface area contributed by atoms with Gasteiger partial charge in [-0.3, -0.25) is 14.9 Å². The zero-order valence-electron chi connectivity index (χ0n) is 10.3. The molecule has 1 aromatic carbocycles. The first-order valence-corrected chi connectivity index (χ1v) is 6.01. The molecule has 19 heavy (non-hydrogen) atoms. The quantitative estimate of drug-likeness (QED) is 0.483. The first kappa shape index (κ1) is 13.3. The van der Waals surface area contributed by atoms with Crippen molar-refractivity contribution in [2.45, 2.75) is 18.9 Å². The fraction of sp³-hybridized carbons (Fsp3) is 0.417. The number of hydrogen-bond donors (Lipinski definition) is 2. The third-order valence-corrected chi connectivity index (χ3v) is 2.99. The fourth-order valence-corrected chi connectivity index (χ4v) is 2.07. The lowest BCUT2D eigenvalue weighted by molar-refractivity contribution is -0.384. The van der Waals surface area contributed by atoms with Crippen molar-refractivity contribution in [1.82, 2.24) is 5.32 Å². The first-order chi connectivity index (χ1) is 9.09. The standard InChI is InChI=1S/C12H15N3O4/c13-10-5-1-4-9(11(10)15(17)18)12(16)14-8-3-2-6-19-7-8/h1,4-5,8H,2-3,6-7,13H2,(H,14,16). The molecule has 0 saturated carbocycles. The number of carbonyl (C=O) groups is 1. The van der Waals surface area contributed by atoms with E-state index in [2.05, 4.69) is 5.32 Å². The number of nitro groups is 1. The monoisotopic (exact) mass is 265 g/mol. The van der Waals surface area contributed by atoms with E-state index in [1.165, 1.54) is 18.2 Å². The fourth-order valence-electron chi connectivity index (χ4n) is 2.07. The van der Waals surface area contributed by atoms with Crippen molar-refractivity contribution in [3.63, 3.8) is 0 Å². The number of nitrogens with two attached hydrogens (primary N) is 1. The van der Waals surface area contributed by atoms with Gasteiger partial charge in [-0.2, -0.15) is 0 Å². The van der Waals surface area contributed by atoms with E-state index >= 15 is 0 Å². The van der Waals surface area contributed by atoms with Gasteiger partial charge in [-0.15, -0.1) is 0 Å². The van der Waals surface area contributed by atoms with Gasteiger partial charge in [0.05, 0.1) is 17.6 Å². The minimum Gasteiger partial charge on any atom is -0.393 e. The number of para-hydroxylation sites is 1. The van der Waals surface area contributed by atoms with Gasteiger partial charge in [-0.25, -0.2) is 0 Å². The Morgan fingerprint density at radius 3 is 2.95 bits per heavy atom. The molecule has 0 spiro atoms. The second kappa shape index (κ2) is 5.66. The smallest absolute Gasteiger partial charge is 0.304 e. The summed E-state index contributed by atoms with van der Waals surface area (Å²) in [6.45, 7) is 1.12. The van der Waals surface area contributed by atoms with Gasteiger partial charge in [-0.1, -0.05) is 6.07 Å². The van der Waals surface area contributed by atoms with E-state index in [0.29, 0.717) is 13.2 Å². The Labute approximate surface area is 109 Å². The molecular formula is C12H15N3O4. The topological polar surface area (TPSA) is 107 Å². The van der Waals surface area contributed by atoms with E-state index in [0.717, 1.165) is 12.8 Å². The van der Waals surface area contributed by atoms with Crippen molar-refractivity contribution in [1.29, 1.82) is 0 Å². The summed E-state index contributed by atoms with van der Waals surface area (Å²) in [5, 5.41) is 13.7. The zero-order chi connectivity index (χ0) is 13.8. The molecule has 0 radical (unpaired) electrons. The zero-order valence-corrected chi connectivity index (χ0v) is 10.3. The van der Waals surface area contributed by atoms with Crippen LogP contribution in [-0.2, 0) is 4.74 Å². The van der Waals surface area contributed by atoms with Gasteiger partial charge < -0.3 is 15.8 Å². The third kappa shape index (κ3) is 3.00. The number of nitro benzene ring substituents is 1. The molecule has 0 bridgehead atoms. The highest BCUT2D eigenvalue weighted by Gasteiger charge is 2.25. The Morgan fingerprint density at radius 2 is 2.32 bits per heavy atom. The summed E-state index contributed by atoms with van der Waals surface area (Å²) in [6, 6.07) is 4.21. The molecule has 1 fully saturated rings. The van der Waals surface area contributed by atoms with Crippen LogP contribution in [0.5, 0.6) is 0 Å². The summed E-state index contributed by atoms with van der Waals surface area (Å²) in [5.74, 6) is -0.491. The highest BCUT2D eigenvalue weighted by molar-refractivity contribution is 6.00. The predicted octanol–water partition coefficient (Wildman–Crippen LogP) is 1.09. The van der Waals surface area contributed by atoms with Crippen LogP contribution in [0.1, 0.15) is 23.2 Å². The second-order valence-electron chi connectivity index (χ2n) is 4.39. The second-order valence-corrected chi connectivity index (χ2v) is 4.39. The molecule has 1 unspecified atom stereocenters. The number of rotatable bonds is 3. The molecule has 7 heteroatoms. The summed E-state index contributed by atoms with van der Waals surface area (Å²) in [5.41, 5.74) is 5.16. The van der Waals surface area contributed by atoms with Crippen LogP contribution >= 0.6 is 0 Å². The van der Waals surface area contributed by atoms with Crippen LogP contribution in [-0.4, -0.2) is 30.1 Å². The number of nitrogens with zero attached hydrogens (tertiary/aromatic N) is 1. The summed E-state index contributed by atoms with van der Waals surface area (Å²) in [4.78, 5) is 22.4. The van der Waals surface area contributed by atoms with Crippen LogP contribution in [0, 0.1) is 10.1 Å². The maximum atomic E-state index is 12.1. The van der Waals surface area contributed by atoms with Crippen molar-refractivity contribution < 1.29 is 14.5 Å². The van der Waals surface area contributed by atoms with Gasteiger partial charge in [0, 0.05) is 6.61 Å². The Morgan fingerprint density at radius 1 is 1.53 bits per heavy atom. The van der Waals surface area contributed by atoms with Crippen LogP contribution in [0.15, 0.2) is 18.2 Å². The van der Waals surface area contributed by atoms with E-state index in [1.54, 1.807) is 0 Å². The van der Waals surface area contributed by atoms with Gasteiger partial charge in [0.15, 0.2) is 0 Å². The average molecular weight is 265 g/mol. The van der Waals surface area contributed by atoms with E-state index in [1.807, 2.05) is 0 Å². The van der Waals surface area contributed by atoms with Crippen molar-refractivity contribution in [2.24, 2.45) is 0 Å². The number of amides is 1. The molecule has 1 aliphatic rings. The minimum atomic E-state index is -0.637. The number of nitrogens with one attached hydrogen (secondary N) is 1. The minimum absolute atomic E-state index is 0.0162. The predicted molar refractivity (Wildman–Crippen MR) is 68.8 cm³/mol. The SMILES string of the molecule is Nc1cccc(C(=O)NC2CCCOC2)c1[N+](=O)[O-]. The van der Waals surface area contributed by atoms with E-state index in [-0.39, 0.29) is 23.0 Å². The number of benzene rings is 1. The van der Waals surface area contributed by atoms with Gasteiger partial charge >= 0.3 is 5.69 Å². The van der Waals surface area contributed by atoms with Gasteiger partial charge in [0.1, 0.15) is 11.3 Å². The van der Waals surface area contributed by atoms with E-state index < -0.39 is 10.8 Å². The summed E-state index contributed by atoms with van der Waals surface area (Å²) in [7, 11) is 0. The van der Waals surface area contributed by atoms with Crippen LogP contribution < -0.4 is 11.1 Å². The van der Waals surface area contributed by atoms with Crippen molar-refractivity contribution in [2.75, 3.05) is 18.9 Å². The molecule has 1 atom stereocenters. The van der Waals surface area contributed by atoms with Gasteiger partial charge in [-0.05, 0) is 25.0 Å². The number of ether oxygens (including phenoxy) is 1. The Kier molecular flexibility index (Phi) is 3.96. The summed E-state index contributed by atoms with van der Waals surface area (Å²) < 4.78 is 5.25. The van der Waals surface area contributed by atoms with Crippen LogP contribution in [0.3, 0.4) is 0 Å². The lowest BCUT2D eigenvalue weighted by Crippen LogP contribution is -2.40. The van der Waals surface area contributed by atoms with E-state index in [4.69, 9.17) is 10.5 Å². The molecule has 1 heterocycles. The summed E-state index contributed by atoms with van der Waals surface area (Å²) in [6.07, 6.45) is 1.67. The third-order valence-electron chi connectivity index (χ3n) is 2.99. The van der Waals surface area contributed by atoms with Crippen LogP contribution in [0.25, 0.3) is 0 Å². The highest BCUT2D eigenvalue weighted by Crippen LogP contribution is 2.26. The van der Waals surface area contributed by atoms with Gasteiger partial charge in [0.2, 0.25) is 0 Å².